The lowest BCUT2D eigenvalue weighted by Gasteiger charge is -2.18. The third kappa shape index (κ3) is 2.68. The molecule has 1 fully saturated rings. The Balaban J connectivity index is 2.29. The standard InChI is InChI=1S/C12H18N2O2S/c1-14(9-10-6-7-10)17(15,16)12-5-3-2-4-11(12)8-13/h2-5,10H,6-9,13H2,1H3. The third-order valence-corrected chi connectivity index (χ3v) is 5.02. The van der Waals surface area contributed by atoms with E-state index in [-0.39, 0.29) is 6.54 Å². The molecule has 1 aromatic carbocycles. The maximum absolute atomic E-state index is 12.3. The van der Waals surface area contributed by atoms with Crippen LogP contribution in [-0.2, 0) is 16.6 Å². The zero-order valence-electron chi connectivity index (χ0n) is 9.96. The molecule has 1 aromatic rings. The second-order valence-electron chi connectivity index (χ2n) is 4.54. The first-order valence-corrected chi connectivity index (χ1v) is 7.24. The molecule has 0 aromatic heterocycles. The average Bonchev–Trinajstić information content (AvgIpc) is 3.12. The summed E-state index contributed by atoms with van der Waals surface area (Å²) in [6.45, 7) is 0.855. The Bertz CT molecular complexity index is 495. The maximum atomic E-state index is 12.3. The summed E-state index contributed by atoms with van der Waals surface area (Å²) in [6, 6.07) is 6.93. The van der Waals surface area contributed by atoms with E-state index in [1.54, 1.807) is 25.2 Å². The summed E-state index contributed by atoms with van der Waals surface area (Å²) >= 11 is 0. The van der Waals surface area contributed by atoms with Crippen molar-refractivity contribution in [3.8, 4) is 0 Å². The smallest absolute Gasteiger partial charge is 0.243 e. The second kappa shape index (κ2) is 4.76. The number of hydrogen-bond donors (Lipinski definition) is 1. The van der Waals surface area contributed by atoms with Crippen LogP contribution in [0, 0.1) is 5.92 Å². The Morgan fingerprint density at radius 3 is 2.59 bits per heavy atom. The van der Waals surface area contributed by atoms with Crippen LogP contribution in [0.25, 0.3) is 0 Å². The third-order valence-electron chi connectivity index (χ3n) is 3.09. The average molecular weight is 254 g/mol. The van der Waals surface area contributed by atoms with Gasteiger partial charge in [-0.05, 0) is 30.4 Å². The molecule has 2 N–H and O–H groups in total. The molecule has 0 atom stereocenters. The summed E-state index contributed by atoms with van der Waals surface area (Å²) in [6.07, 6.45) is 2.27. The van der Waals surface area contributed by atoms with Crippen LogP contribution in [-0.4, -0.2) is 26.3 Å². The topological polar surface area (TPSA) is 63.4 Å². The van der Waals surface area contributed by atoms with Gasteiger partial charge < -0.3 is 5.73 Å². The van der Waals surface area contributed by atoms with Crippen LogP contribution >= 0.6 is 0 Å². The highest BCUT2D eigenvalue weighted by atomic mass is 32.2. The van der Waals surface area contributed by atoms with E-state index in [4.69, 9.17) is 5.73 Å². The van der Waals surface area contributed by atoms with Gasteiger partial charge in [-0.15, -0.1) is 0 Å². The summed E-state index contributed by atoms with van der Waals surface area (Å²) in [5.74, 6) is 0.541. The quantitative estimate of drug-likeness (QED) is 0.858. The van der Waals surface area contributed by atoms with E-state index in [2.05, 4.69) is 0 Å². The molecule has 0 bridgehead atoms. The van der Waals surface area contributed by atoms with Gasteiger partial charge in [0.1, 0.15) is 0 Å². The van der Waals surface area contributed by atoms with E-state index < -0.39 is 10.0 Å². The highest BCUT2D eigenvalue weighted by molar-refractivity contribution is 7.89. The van der Waals surface area contributed by atoms with Crippen molar-refractivity contribution in [1.82, 2.24) is 4.31 Å². The van der Waals surface area contributed by atoms with Crippen LogP contribution in [0.2, 0.25) is 0 Å². The molecule has 0 saturated heterocycles. The zero-order valence-corrected chi connectivity index (χ0v) is 10.8. The molecule has 0 radical (unpaired) electrons. The minimum Gasteiger partial charge on any atom is -0.326 e. The molecule has 94 valence electrons. The molecule has 17 heavy (non-hydrogen) atoms. The Hall–Kier alpha value is -0.910. The second-order valence-corrected chi connectivity index (χ2v) is 6.55. The predicted octanol–water partition coefficient (Wildman–Crippen LogP) is 1.18. The Morgan fingerprint density at radius 2 is 2.00 bits per heavy atom. The fraction of sp³-hybridized carbons (Fsp3) is 0.500. The molecule has 1 aliphatic carbocycles. The first-order chi connectivity index (χ1) is 8.05. The summed E-state index contributed by atoms with van der Waals surface area (Å²) in [5, 5.41) is 0. The summed E-state index contributed by atoms with van der Waals surface area (Å²) < 4.78 is 26.1. The molecule has 0 amide bonds. The van der Waals surface area contributed by atoms with Gasteiger partial charge in [-0.25, -0.2) is 12.7 Å². The Labute approximate surface area is 102 Å². The summed E-state index contributed by atoms with van der Waals surface area (Å²) in [5.41, 5.74) is 6.25. The van der Waals surface area contributed by atoms with E-state index in [1.807, 2.05) is 6.07 Å². The molecule has 1 saturated carbocycles. The van der Waals surface area contributed by atoms with Gasteiger partial charge in [-0.2, -0.15) is 0 Å². The number of benzene rings is 1. The molecular weight excluding hydrogens is 236 g/mol. The monoisotopic (exact) mass is 254 g/mol. The largest absolute Gasteiger partial charge is 0.326 e. The van der Waals surface area contributed by atoms with E-state index in [0.29, 0.717) is 22.9 Å². The van der Waals surface area contributed by atoms with Gasteiger partial charge in [0.2, 0.25) is 10.0 Å². The van der Waals surface area contributed by atoms with Crippen LogP contribution in [0.4, 0.5) is 0 Å². The van der Waals surface area contributed by atoms with Crippen LogP contribution in [0.5, 0.6) is 0 Å². The number of nitrogens with two attached hydrogens (primary N) is 1. The summed E-state index contributed by atoms with van der Waals surface area (Å²) in [7, 11) is -1.74. The Kier molecular flexibility index (Phi) is 3.51. The lowest BCUT2D eigenvalue weighted by Crippen LogP contribution is -2.30. The molecule has 0 aliphatic heterocycles. The maximum Gasteiger partial charge on any atom is 0.243 e. The fourth-order valence-electron chi connectivity index (χ4n) is 1.85. The highest BCUT2D eigenvalue weighted by Gasteiger charge is 2.29. The number of hydrogen-bond acceptors (Lipinski definition) is 3. The first-order valence-electron chi connectivity index (χ1n) is 5.80. The van der Waals surface area contributed by atoms with E-state index in [0.717, 1.165) is 12.8 Å². The van der Waals surface area contributed by atoms with E-state index >= 15 is 0 Å². The number of rotatable bonds is 5. The van der Waals surface area contributed by atoms with Crippen LogP contribution < -0.4 is 5.73 Å². The SMILES string of the molecule is CN(CC1CC1)S(=O)(=O)c1ccccc1CN. The minimum absolute atomic E-state index is 0.243. The van der Waals surface area contributed by atoms with Crippen molar-refractivity contribution < 1.29 is 8.42 Å². The number of nitrogens with zero attached hydrogens (tertiary/aromatic N) is 1. The van der Waals surface area contributed by atoms with Crippen LogP contribution in [0.15, 0.2) is 29.2 Å². The molecule has 2 rings (SSSR count). The van der Waals surface area contributed by atoms with Gasteiger partial charge in [0.15, 0.2) is 0 Å². The molecule has 5 heteroatoms. The first kappa shape index (κ1) is 12.5. The van der Waals surface area contributed by atoms with Crippen molar-refractivity contribution >= 4 is 10.0 Å². The van der Waals surface area contributed by atoms with Gasteiger partial charge in [0.05, 0.1) is 4.90 Å². The Morgan fingerprint density at radius 1 is 1.35 bits per heavy atom. The highest BCUT2D eigenvalue weighted by Crippen LogP contribution is 2.31. The van der Waals surface area contributed by atoms with Gasteiger partial charge in [0, 0.05) is 20.1 Å². The minimum atomic E-state index is -3.38. The molecular formula is C12H18N2O2S. The van der Waals surface area contributed by atoms with Crippen molar-refractivity contribution in [2.45, 2.75) is 24.3 Å². The lowest BCUT2D eigenvalue weighted by atomic mass is 10.2. The molecule has 0 spiro atoms. The van der Waals surface area contributed by atoms with Crippen LogP contribution in [0.3, 0.4) is 0 Å². The van der Waals surface area contributed by atoms with Gasteiger partial charge in [0.25, 0.3) is 0 Å². The van der Waals surface area contributed by atoms with Crippen molar-refractivity contribution in [2.75, 3.05) is 13.6 Å². The van der Waals surface area contributed by atoms with Crippen molar-refractivity contribution in [2.24, 2.45) is 11.7 Å². The zero-order chi connectivity index (χ0) is 12.5. The van der Waals surface area contributed by atoms with Gasteiger partial charge in [-0.3, -0.25) is 0 Å². The van der Waals surface area contributed by atoms with Crippen molar-refractivity contribution in [1.29, 1.82) is 0 Å². The molecule has 0 heterocycles. The predicted molar refractivity (Wildman–Crippen MR) is 66.9 cm³/mol. The van der Waals surface area contributed by atoms with E-state index in [9.17, 15) is 8.42 Å². The van der Waals surface area contributed by atoms with E-state index in [1.165, 1.54) is 4.31 Å². The lowest BCUT2D eigenvalue weighted by molar-refractivity contribution is 0.452. The number of sulfonamides is 1. The summed E-state index contributed by atoms with van der Waals surface area (Å²) in [4.78, 5) is 0.339. The normalized spacial score (nSPS) is 16.4. The van der Waals surface area contributed by atoms with Gasteiger partial charge in [-0.1, -0.05) is 18.2 Å². The van der Waals surface area contributed by atoms with Crippen molar-refractivity contribution in [3.63, 3.8) is 0 Å². The molecule has 4 nitrogen and oxygen atoms in total. The molecule has 0 unspecified atom stereocenters. The van der Waals surface area contributed by atoms with Gasteiger partial charge >= 0.3 is 0 Å². The molecule has 1 aliphatic rings. The fourth-order valence-corrected chi connectivity index (χ4v) is 3.33. The van der Waals surface area contributed by atoms with Crippen molar-refractivity contribution in [3.05, 3.63) is 29.8 Å². The van der Waals surface area contributed by atoms with Crippen LogP contribution in [0.1, 0.15) is 18.4 Å².